The maximum Gasteiger partial charge on any atom is 0.122 e. The van der Waals surface area contributed by atoms with E-state index in [0.717, 1.165) is 22.7 Å². The molecule has 0 radical (unpaired) electrons. The van der Waals surface area contributed by atoms with Crippen molar-refractivity contribution in [3.05, 3.63) is 77.1 Å². The molecule has 0 unspecified atom stereocenters. The van der Waals surface area contributed by atoms with E-state index < -0.39 is 0 Å². The lowest BCUT2D eigenvalue weighted by Gasteiger charge is -2.12. The SMILES string of the molecule is Cc1ccccc1COc1ccc(-n2nccc2C)cc1C. The first-order valence-electron chi connectivity index (χ1n) is 7.44. The van der Waals surface area contributed by atoms with Crippen LogP contribution in [-0.4, -0.2) is 9.78 Å². The van der Waals surface area contributed by atoms with E-state index in [1.165, 1.54) is 11.1 Å². The van der Waals surface area contributed by atoms with Gasteiger partial charge in [-0.2, -0.15) is 5.10 Å². The average molecular weight is 292 g/mol. The Labute approximate surface area is 131 Å². The molecule has 0 N–H and O–H groups in total. The normalized spacial score (nSPS) is 10.7. The van der Waals surface area contributed by atoms with Crippen molar-refractivity contribution in [2.75, 3.05) is 0 Å². The van der Waals surface area contributed by atoms with Crippen molar-refractivity contribution in [2.24, 2.45) is 0 Å². The van der Waals surface area contributed by atoms with Crippen LogP contribution < -0.4 is 4.74 Å². The summed E-state index contributed by atoms with van der Waals surface area (Å²) in [6.07, 6.45) is 1.81. The Balaban J connectivity index is 1.79. The Bertz CT molecular complexity index is 790. The van der Waals surface area contributed by atoms with Crippen molar-refractivity contribution >= 4 is 0 Å². The van der Waals surface area contributed by atoms with E-state index >= 15 is 0 Å². The number of aromatic nitrogens is 2. The summed E-state index contributed by atoms with van der Waals surface area (Å²) >= 11 is 0. The molecule has 0 aliphatic rings. The fourth-order valence-corrected chi connectivity index (χ4v) is 2.49. The summed E-state index contributed by atoms with van der Waals surface area (Å²) in [4.78, 5) is 0. The molecular weight excluding hydrogens is 272 g/mol. The van der Waals surface area contributed by atoms with Crippen molar-refractivity contribution in [3.8, 4) is 11.4 Å². The third-order valence-corrected chi connectivity index (χ3v) is 3.88. The molecule has 3 rings (SSSR count). The van der Waals surface area contributed by atoms with E-state index in [4.69, 9.17) is 4.74 Å². The lowest BCUT2D eigenvalue weighted by molar-refractivity contribution is 0.303. The third-order valence-electron chi connectivity index (χ3n) is 3.88. The van der Waals surface area contributed by atoms with E-state index in [1.54, 1.807) is 0 Å². The average Bonchev–Trinajstić information content (AvgIpc) is 2.93. The van der Waals surface area contributed by atoms with Gasteiger partial charge in [0, 0.05) is 11.9 Å². The summed E-state index contributed by atoms with van der Waals surface area (Å²) < 4.78 is 7.91. The van der Waals surface area contributed by atoms with Gasteiger partial charge in [-0.15, -0.1) is 0 Å². The molecule has 0 saturated heterocycles. The summed E-state index contributed by atoms with van der Waals surface area (Å²) in [7, 11) is 0. The highest BCUT2D eigenvalue weighted by molar-refractivity contribution is 5.44. The van der Waals surface area contributed by atoms with Gasteiger partial charge in [-0.1, -0.05) is 24.3 Å². The maximum absolute atomic E-state index is 5.98. The summed E-state index contributed by atoms with van der Waals surface area (Å²) in [5.74, 6) is 0.914. The standard InChI is InChI=1S/C19H20N2O/c1-14-6-4-5-7-17(14)13-22-19-9-8-18(12-15(19)2)21-16(3)10-11-20-21/h4-12H,13H2,1-3H3. The highest BCUT2D eigenvalue weighted by Gasteiger charge is 2.06. The Morgan fingerprint density at radius 3 is 2.45 bits per heavy atom. The van der Waals surface area contributed by atoms with Gasteiger partial charge in [-0.3, -0.25) is 0 Å². The van der Waals surface area contributed by atoms with Gasteiger partial charge in [0.2, 0.25) is 0 Å². The van der Waals surface area contributed by atoms with E-state index in [1.807, 2.05) is 48.1 Å². The smallest absolute Gasteiger partial charge is 0.122 e. The first-order valence-corrected chi connectivity index (χ1v) is 7.44. The molecular formula is C19H20N2O. The zero-order valence-electron chi connectivity index (χ0n) is 13.2. The van der Waals surface area contributed by atoms with Crippen LogP contribution in [0.3, 0.4) is 0 Å². The van der Waals surface area contributed by atoms with Crippen LogP contribution in [0.5, 0.6) is 5.75 Å². The molecule has 0 amide bonds. The number of ether oxygens (including phenoxy) is 1. The van der Waals surface area contributed by atoms with E-state index in [9.17, 15) is 0 Å². The quantitative estimate of drug-likeness (QED) is 0.713. The topological polar surface area (TPSA) is 27.1 Å². The van der Waals surface area contributed by atoms with Crippen LogP contribution in [0.1, 0.15) is 22.4 Å². The molecule has 1 aromatic heterocycles. The number of hydrogen-bond acceptors (Lipinski definition) is 2. The molecule has 0 atom stereocenters. The van der Waals surface area contributed by atoms with Gasteiger partial charge in [0.1, 0.15) is 12.4 Å². The highest BCUT2D eigenvalue weighted by atomic mass is 16.5. The molecule has 0 fully saturated rings. The van der Waals surface area contributed by atoms with Crippen molar-refractivity contribution in [3.63, 3.8) is 0 Å². The van der Waals surface area contributed by atoms with Crippen LogP contribution in [0, 0.1) is 20.8 Å². The zero-order valence-corrected chi connectivity index (χ0v) is 13.2. The number of hydrogen-bond donors (Lipinski definition) is 0. The molecule has 1 heterocycles. The highest BCUT2D eigenvalue weighted by Crippen LogP contribution is 2.23. The van der Waals surface area contributed by atoms with Gasteiger partial charge in [0.15, 0.2) is 0 Å². The molecule has 0 bridgehead atoms. The molecule has 0 saturated carbocycles. The minimum atomic E-state index is 0.591. The van der Waals surface area contributed by atoms with Crippen LogP contribution >= 0.6 is 0 Å². The Morgan fingerprint density at radius 2 is 1.77 bits per heavy atom. The lowest BCUT2D eigenvalue weighted by atomic mass is 10.1. The first-order chi connectivity index (χ1) is 10.6. The van der Waals surface area contributed by atoms with Gasteiger partial charge in [0.05, 0.1) is 5.69 Å². The monoisotopic (exact) mass is 292 g/mol. The summed E-state index contributed by atoms with van der Waals surface area (Å²) in [6.45, 7) is 6.81. The first kappa shape index (κ1) is 14.4. The van der Waals surface area contributed by atoms with Crippen LogP contribution in [0.15, 0.2) is 54.7 Å². The Hall–Kier alpha value is -2.55. The number of nitrogens with zero attached hydrogens (tertiary/aromatic N) is 2. The van der Waals surface area contributed by atoms with Crippen LogP contribution in [0.2, 0.25) is 0 Å². The minimum absolute atomic E-state index is 0.591. The Morgan fingerprint density at radius 1 is 0.955 bits per heavy atom. The fraction of sp³-hybridized carbons (Fsp3) is 0.211. The number of aryl methyl sites for hydroxylation is 3. The molecule has 112 valence electrons. The molecule has 0 aliphatic carbocycles. The second kappa shape index (κ2) is 6.06. The molecule has 22 heavy (non-hydrogen) atoms. The largest absolute Gasteiger partial charge is 0.489 e. The number of rotatable bonds is 4. The van der Waals surface area contributed by atoms with Gasteiger partial charge in [-0.05, 0) is 61.7 Å². The predicted octanol–water partition coefficient (Wildman–Crippen LogP) is 4.38. The molecule has 0 spiro atoms. The van der Waals surface area contributed by atoms with E-state index in [2.05, 4.69) is 37.1 Å². The molecule has 0 aliphatic heterocycles. The molecule has 3 aromatic rings. The van der Waals surface area contributed by atoms with Crippen molar-refractivity contribution in [2.45, 2.75) is 27.4 Å². The van der Waals surface area contributed by atoms with E-state index in [0.29, 0.717) is 6.61 Å². The van der Waals surface area contributed by atoms with Crippen molar-refractivity contribution in [1.82, 2.24) is 9.78 Å². The van der Waals surface area contributed by atoms with Gasteiger partial charge < -0.3 is 4.74 Å². The second-order valence-corrected chi connectivity index (χ2v) is 5.55. The van der Waals surface area contributed by atoms with Crippen molar-refractivity contribution < 1.29 is 4.74 Å². The summed E-state index contributed by atoms with van der Waals surface area (Å²) in [6, 6.07) is 16.5. The minimum Gasteiger partial charge on any atom is -0.489 e. The Kier molecular flexibility index (Phi) is 3.96. The van der Waals surface area contributed by atoms with Gasteiger partial charge in [-0.25, -0.2) is 4.68 Å². The zero-order chi connectivity index (χ0) is 15.5. The van der Waals surface area contributed by atoms with Gasteiger partial charge in [0.25, 0.3) is 0 Å². The maximum atomic E-state index is 5.98. The third kappa shape index (κ3) is 2.89. The van der Waals surface area contributed by atoms with Crippen molar-refractivity contribution in [1.29, 1.82) is 0 Å². The summed E-state index contributed by atoms with van der Waals surface area (Å²) in [5.41, 5.74) is 5.76. The second-order valence-electron chi connectivity index (χ2n) is 5.55. The lowest BCUT2D eigenvalue weighted by Crippen LogP contribution is -2.02. The molecule has 3 nitrogen and oxygen atoms in total. The molecule has 2 aromatic carbocycles. The van der Waals surface area contributed by atoms with Crippen LogP contribution in [0.4, 0.5) is 0 Å². The van der Waals surface area contributed by atoms with Crippen LogP contribution in [0.25, 0.3) is 5.69 Å². The summed E-state index contributed by atoms with van der Waals surface area (Å²) in [5, 5.41) is 4.34. The predicted molar refractivity (Wildman–Crippen MR) is 88.5 cm³/mol. The fourth-order valence-electron chi connectivity index (χ4n) is 2.49. The number of benzene rings is 2. The van der Waals surface area contributed by atoms with Gasteiger partial charge >= 0.3 is 0 Å². The molecule has 3 heteroatoms. The van der Waals surface area contributed by atoms with E-state index in [-0.39, 0.29) is 0 Å². The van der Waals surface area contributed by atoms with Crippen LogP contribution in [-0.2, 0) is 6.61 Å².